The summed E-state index contributed by atoms with van der Waals surface area (Å²) in [6.45, 7) is 0.229. The van der Waals surface area contributed by atoms with Gasteiger partial charge in [0.15, 0.2) is 9.84 Å². The van der Waals surface area contributed by atoms with Crippen molar-refractivity contribution in [1.82, 2.24) is 0 Å². The molecule has 1 heterocycles. The van der Waals surface area contributed by atoms with Crippen LogP contribution in [-0.2, 0) is 21.1 Å². The summed E-state index contributed by atoms with van der Waals surface area (Å²) in [6.07, 6.45) is 1.03. The van der Waals surface area contributed by atoms with E-state index < -0.39 is 9.84 Å². The lowest BCUT2D eigenvalue weighted by atomic mass is 10.1. The minimum Gasteiger partial charge on any atom is -0.310 e. The Bertz CT molecular complexity index is 785. The lowest BCUT2D eigenvalue weighted by Crippen LogP contribution is -2.39. The van der Waals surface area contributed by atoms with Crippen LogP contribution in [0.2, 0.25) is 0 Å². The predicted octanol–water partition coefficient (Wildman–Crippen LogP) is 2.44. The maximum atomic E-state index is 12.5. The number of carbonyl (C=O) groups is 1. The molecule has 0 saturated carbocycles. The van der Waals surface area contributed by atoms with Crippen LogP contribution >= 0.6 is 0 Å². The molecular weight excluding hydrogens is 298 g/mol. The Kier molecular flexibility index (Phi) is 3.98. The second-order valence-electron chi connectivity index (χ2n) is 5.32. The van der Waals surface area contributed by atoms with Gasteiger partial charge in [-0.15, -0.1) is 0 Å². The van der Waals surface area contributed by atoms with Gasteiger partial charge >= 0.3 is 0 Å². The molecule has 0 fully saturated rings. The Morgan fingerprint density at radius 3 is 2.45 bits per heavy atom. The van der Waals surface area contributed by atoms with Crippen LogP contribution in [0.5, 0.6) is 0 Å². The van der Waals surface area contributed by atoms with Gasteiger partial charge in [0, 0.05) is 13.0 Å². The van der Waals surface area contributed by atoms with Crippen LogP contribution < -0.4 is 4.90 Å². The first kappa shape index (κ1) is 14.8. The smallest absolute Gasteiger partial charge is 0.227 e. The fraction of sp³-hybridized carbons (Fsp3) is 0.235. The van der Waals surface area contributed by atoms with Crippen LogP contribution in [-0.4, -0.2) is 26.6 Å². The summed E-state index contributed by atoms with van der Waals surface area (Å²) in [5.41, 5.74) is 1.61. The highest BCUT2D eigenvalue weighted by Gasteiger charge is 2.30. The van der Waals surface area contributed by atoms with Gasteiger partial charge in [-0.05, 0) is 24.1 Å². The average molecular weight is 315 g/mol. The maximum Gasteiger partial charge on any atom is 0.227 e. The summed E-state index contributed by atoms with van der Waals surface area (Å²) in [5, 5.41) is 0. The van der Waals surface area contributed by atoms with Gasteiger partial charge in [0.25, 0.3) is 0 Å². The molecule has 0 saturated heterocycles. The molecule has 4 nitrogen and oxygen atoms in total. The first-order valence-electron chi connectivity index (χ1n) is 7.24. The van der Waals surface area contributed by atoms with Crippen molar-refractivity contribution in [2.24, 2.45) is 0 Å². The molecule has 5 heteroatoms. The number of hydrogen-bond acceptors (Lipinski definition) is 3. The molecule has 0 radical (unpaired) electrons. The van der Waals surface area contributed by atoms with E-state index in [1.165, 1.54) is 0 Å². The van der Waals surface area contributed by atoms with Gasteiger partial charge in [0.05, 0.1) is 16.3 Å². The molecule has 2 aromatic carbocycles. The summed E-state index contributed by atoms with van der Waals surface area (Å²) < 4.78 is 24.2. The van der Waals surface area contributed by atoms with Gasteiger partial charge in [0.1, 0.15) is 0 Å². The van der Waals surface area contributed by atoms with E-state index in [2.05, 4.69) is 0 Å². The van der Waals surface area contributed by atoms with Crippen LogP contribution in [0.15, 0.2) is 59.5 Å². The summed E-state index contributed by atoms with van der Waals surface area (Å²) in [7, 11) is -3.27. The first-order chi connectivity index (χ1) is 10.6. The molecule has 1 aliphatic heterocycles. The third-order valence-electron chi connectivity index (χ3n) is 3.85. The summed E-state index contributed by atoms with van der Waals surface area (Å²) >= 11 is 0. The molecule has 1 amide bonds. The maximum absolute atomic E-state index is 12.5. The van der Waals surface area contributed by atoms with Crippen molar-refractivity contribution in [2.45, 2.75) is 17.7 Å². The normalized spacial score (nSPS) is 16.1. The Hall–Kier alpha value is -2.14. The highest BCUT2D eigenvalue weighted by Crippen LogP contribution is 2.30. The average Bonchev–Trinajstić information content (AvgIpc) is 2.54. The van der Waals surface area contributed by atoms with Crippen molar-refractivity contribution in [2.75, 3.05) is 17.2 Å². The summed E-state index contributed by atoms with van der Waals surface area (Å²) in [5.74, 6) is -0.0487. The number of amides is 1. The van der Waals surface area contributed by atoms with Gasteiger partial charge in [-0.25, -0.2) is 8.42 Å². The van der Waals surface area contributed by atoms with Crippen LogP contribution in [0.1, 0.15) is 12.0 Å². The van der Waals surface area contributed by atoms with E-state index in [0.29, 0.717) is 18.5 Å². The Morgan fingerprint density at radius 1 is 1.00 bits per heavy atom. The van der Waals surface area contributed by atoms with Crippen molar-refractivity contribution in [1.29, 1.82) is 0 Å². The Balaban J connectivity index is 1.79. The third-order valence-corrected chi connectivity index (χ3v) is 5.58. The lowest BCUT2D eigenvalue weighted by Gasteiger charge is -2.29. The highest BCUT2D eigenvalue weighted by atomic mass is 32.2. The quantitative estimate of drug-likeness (QED) is 0.874. The Morgan fingerprint density at radius 2 is 1.68 bits per heavy atom. The van der Waals surface area contributed by atoms with Crippen molar-refractivity contribution in [3.63, 3.8) is 0 Å². The topological polar surface area (TPSA) is 54.5 Å². The number of aryl methyl sites for hydroxylation is 1. The van der Waals surface area contributed by atoms with E-state index in [1.807, 2.05) is 30.3 Å². The number of sulfone groups is 1. The zero-order chi connectivity index (χ0) is 15.6. The molecule has 114 valence electrons. The zero-order valence-electron chi connectivity index (χ0n) is 12.1. The molecule has 0 unspecified atom stereocenters. The molecule has 0 aromatic heterocycles. The molecule has 3 rings (SSSR count). The van der Waals surface area contributed by atoms with Crippen LogP contribution in [0, 0.1) is 0 Å². The second-order valence-corrected chi connectivity index (χ2v) is 7.40. The van der Waals surface area contributed by atoms with E-state index in [4.69, 9.17) is 0 Å². The molecule has 22 heavy (non-hydrogen) atoms. The van der Waals surface area contributed by atoms with Crippen LogP contribution in [0.4, 0.5) is 5.69 Å². The van der Waals surface area contributed by atoms with E-state index in [9.17, 15) is 13.2 Å². The number of benzene rings is 2. The van der Waals surface area contributed by atoms with E-state index >= 15 is 0 Å². The molecule has 1 aliphatic rings. The lowest BCUT2D eigenvalue weighted by molar-refractivity contribution is -0.118. The van der Waals surface area contributed by atoms with Gasteiger partial charge in [-0.2, -0.15) is 0 Å². The predicted molar refractivity (Wildman–Crippen MR) is 85.6 cm³/mol. The number of rotatable bonds is 3. The van der Waals surface area contributed by atoms with Crippen LogP contribution in [0.25, 0.3) is 0 Å². The van der Waals surface area contributed by atoms with Crippen LogP contribution in [0.3, 0.4) is 0 Å². The molecule has 0 N–H and O–H groups in total. The summed E-state index contributed by atoms with van der Waals surface area (Å²) in [4.78, 5) is 14.3. The number of nitrogens with zero attached hydrogens (tertiary/aromatic N) is 1. The van der Waals surface area contributed by atoms with E-state index in [0.717, 1.165) is 5.56 Å². The van der Waals surface area contributed by atoms with Gasteiger partial charge in [-0.1, -0.05) is 42.5 Å². The second kappa shape index (κ2) is 5.93. The number of anilines is 1. The molecular formula is C17H17NO3S. The zero-order valence-corrected chi connectivity index (χ0v) is 12.9. The molecule has 0 bridgehead atoms. The van der Waals surface area contributed by atoms with Crippen molar-refractivity contribution >= 4 is 21.4 Å². The van der Waals surface area contributed by atoms with E-state index in [-0.39, 0.29) is 23.1 Å². The molecule has 0 atom stereocenters. The monoisotopic (exact) mass is 315 g/mol. The largest absolute Gasteiger partial charge is 0.310 e. The minimum atomic E-state index is -3.27. The fourth-order valence-corrected chi connectivity index (χ4v) is 4.10. The third kappa shape index (κ3) is 2.90. The minimum absolute atomic E-state index is 0.0128. The molecule has 0 spiro atoms. The fourth-order valence-electron chi connectivity index (χ4n) is 2.67. The number of para-hydroxylation sites is 1. The number of hydrogen-bond donors (Lipinski definition) is 0. The van der Waals surface area contributed by atoms with E-state index in [1.54, 1.807) is 29.2 Å². The summed E-state index contributed by atoms with van der Waals surface area (Å²) in [6, 6.07) is 16.5. The van der Waals surface area contributed by atoms with Gasteiger partial charge < -0.3 is 4.90 Å². The van der Waals surface area contributed by atoms with Gasteiger partial charge in [-0.3, -0.25) is 4.79 Å². The highest BCUT2D eigenvalue weighted by molar-refractivity contribution is 7.91. The molecule has 2 aromatic rings. The van der Waals surface area contributed by atoms with Gasteiger partial charge in [0.2, 0.25) is 5.91 Å². The standard InChI is InChI=1S/C17H17NO3S/c19-17(11-10-14-6-2-1-3-7-14)18-12-13-22(20,21)16-9-5-4-8-15(16)18/h1-9H,10-13H2. The number of fused-ring (bicyclic) bond motifs is 1. The Labute approximate surface area is 130 Å². The first-order valence-corrected chi connectivity index (χ1v) is 8.89. The molecule has 0 aliphatic carbocycles. The number of carbonyl (C=O) groups excluding carboxylic acids is 1. The van der Waals surface area contributed by atoms with Crippen molar-refractivity contribution < 1.29 is 13.2 Å². The van der Waals surface area contributed by atoms with Crippen molar-refractivity contribution in [3.8, 4) is 0 Å². The van der Waals surface area contributed by atoms with Crippen molar-refractivity contribution in [3.05, 3.63) is 60.2 Å². The SMILES string of the molecule is O=C(CCc1ccccc1)N1CCS(=O)(=O)c2ccccc21.